The predicted octanol–water partition coefficient (Wildman–Crippen LogP) is 2.39. The monoisotopic (exact) mass is 296 g/mol. The van der Waals surface area contributed by atoms with E-state index in [0.29, 0.717) is 12.3 Å². The van der Waals surface area contributed by atoms with E-state index in [0.717, 1.165) is 42.3 Å². The molecule has 114 valence electrons. The van der Waals surface area contributed by atoms with Crippen molar-refractivity contribution in [2.24, 2.45) is 5.92 Å². The summed E-state index contributed by atoms with van der Waals surface area (Å²) in [4.78, 5) is 20.6. The predicted molar refractivity (Wildman–Crippen MR) is 86.4 cm³/mol. The first-order valence-electron chi connectivity index (χ1n) is 7.61. The van der Waals surface area contributed by atoms with Gasteiger partial charge in [-0.3, -0.25) is 4.79 Å². The molecule has 0 spiro atoms. The first kappa shape index (κ1) is 14.7. The number of hydrogen-bond acceptors (Lipinski definition) is 4. The largest absolute Gasteiger partial charge is 0.326 e. The molecule has 3 rings (SSSR count). The first-order valence-corrected chi connectivity index (χ1v) is 7.61. The third-order valence-corrected chi connectivity index (χ3v) is 3.85. The molecule has 1 aliphatic heterocycles. The van der Waals surface area contributed by atoms with E-state index in [2.05, 4.69) is 20.6 Å². The molecule has 1 fully saturated rings. The minimum Gasteiger partial charge on any atom is -0.326 e. The number of nitrogens with zero attached hydrogens (tertiary/aromatic N) is 2. The second kappa shape index (κ2) is 6.66. The van der Waals surface area contributed by atoms with Crippen LogP contribution >= 0.6 is 0 Å². The van der Waals surface area contributed by atoms with Crippen LogP contribution in [0.1, 0.15) is 18.7 Å². The third kappa shape index (κ3) is 3.68. The van der Waals surface area contributed by atoms with Gasteiger partial charge in [-0.1, -0.05) is 12.1 Å². The number of carbonyl (C=O) groups excluding carboxylic acids is 1. The van der Waals surface area contributed by atoms with Crippen molar-refractivity contribution in [2.75, 3.05) is 18.4 Å². The number of carbonyl (C=O) groups is 1. The molecule has 1 aromatic carbocycles. The number of rotatable bonds is 4. The number of hydrogen-bond donors (Lipinski definition) is 2. The van der Waals surface area contributed by atoms with Gasteiger partial charge in [-0.2, -0.15) is 0 Å². The first-order chi connectivity index (χ1) is 10.7. The standard InChI is InChI=1S/C17H20N4O/c1-12-19-8-6-16(20-12)14-3-2-4-15(10-14)21-17(22)9-13-5-7-18-11-13/h2-4,6,8,10,13,18H,5,7,9,11H2,1H3,(H,21,22). The Labute approximate surface area is 130 Å². The van der Waals surface area contributed by atoms with Gasteiger partial charge in [0.2, 0.25) is 5.91 Å². The Hall–Kier alpha value is -2.27. The van der Waals surface area contributed by atoms with Crippen molar-refractivity contribution in [2.45, 2.75) is 19.8 Å². The Bertz CT molecular complexity index is 665. The average molecular weight is 296 g/mol. The summed E-state index contributed by atoms with van der Waals surface area (Å²) < 4.78 is 0. The van der Waals surface area contributed by atoms with E-state index >= 15 is 0 Å². The van der Waals surface area contributed by atoms with Gasteiger partial charge in [-0.05, 0) is 50.6 Å². The number of aryl methyl sites for hydroxylation is 1. The van der Waals surface area contributed by atoms with Crippen LogP contribution in [0.3, 0.4) is 0 Å². The van der Waals surface area contributed by atoms with Gasteiger partial charge < -0.3 is 10.6 Å². The molecule has 0 radical (unpaired) electrons. The van der Waals surface area contributed by atoms with Gasteiger partial charge in [0.05, 0.1) is 5.69 Å². The Balaban J connectivity index is 1.69. The lowest BCUT2D eigenvalue weighted by Gasteiger charge is -2.10. The molecule has 1 aromatic heterocycles. The number of nitrogens with one attached hydrogen (secondary N) is 2. The lowest BCUT2D eigenvalue weighted by molar-refractivity contribution is -0.116. The van der Waals surface area contributed by atoms with Gasteiger partial charge >= 0.3 is 0 Å². The Morgan fingerprint density at radius 3 is 3.09 bits per heavy atom. The van der Waals surface area contributed by atoms with Crippen LogP contribution in [0.2, 0.25) is 0 Å². The summed E-state index contributed by atoms with van der Waals surface area (Å²) in [6.45, 7) is 3.82. The van der Waals surface area contributed by atoms with Gasteiger partial charge in [0.15, 0.2) is 0 Å². The minimum atomic E-state index is 0.0738. The van der Waals surface area contributed by atoms with Gasteiger partial charge in [0.1, 0.15) is 5.82 Å². The lowest BCUT2D eigenvalue weighted by atomic mass is 10.0. The molecule has 2 aromatic rings. The SMILES string of the molecule is Cc1nccc(-c2cccc(NC(=O)CC3CCNC3)c2)n1. The van der Waals surface area contributed by atoms with Gasteiger partial charge in [-0.15, -0.1) is 0 Å². The maximum Gasteiger partial charge on any atom is 0.224 e. The zero-order valence-corrected chi connectivity index (χ0v) is 12.7. The molecule has 2 heterocycles. The minimum absolute atomic E-state index is 0.0738. The molecule has 0 aliphatic carbocycles. The molecule has 1 atom stereocenters. The summed E-state index contributed by atoms with van der Waals surface area (Å²) in [7, 11) is 0. The number of aromatic nitrogens is 2. The highest BCUT2D eigenvalue weighted by Crippen LogP contribution is 2.21. The Morgan fingerprint density at radius 1 is 1.41 bits per heavy atom. The van der Waals surface area contributed by atoms with Crippen molar-refractivity contribution in [1.82, 2.24) is 15.3 Å². The molecule has 1 aliphatic rings. The van der Waals surface area contributed by atoms with Gasteiger partial charge in [-0.25, -0.2) is 9.97 Å². The quantitative estimate of drug-likeness (QED) is 0.909. The van der Waals surface area contributed by atoms with Crippen LogP contribution in [0, 0.1) is 12.8 Å². The molecule has 1 amide bonds. The second-order valence-corrected chi connectivity index (χ2v) is 5.68. The molecule has 5 heteroatoms. The topological polar surface area (TPSA) is 66.9 Å². The zero-order valence-electron chi connectivity index (χ0n) is 12.7. The van der Waals surface area contributed by atoms with Crippen molar-refractivity contribution in [3.63, 3.8) is 0 Å². The van der Waals surface area contributed by atoms with E-state index in [9.17, 15) is 4.79 Å². The van der Waals surface area contributed by atoms with Crippen LogP contribution in [0.5, 0.6) is 0 Å². The van der Waals surface area contributed by atoms with E-state index in [1.165, 1.54) is 0 Å². The Morgan fingerprint density at radius 2 is 2.32 bits per heavy atom. The van der Waals surface area contributed by atoms with E-state index in [1.807, 2.05) is 37.3 Å². The van der Waals surface area contributed by atoms with Crippen LogP contribution in [-0.4, -0.2) is 29.0 Å². The van der Waals surface area contributed by atoms with Crippen LogP contribution in [0.25, 0.3) is 11.3 Å². The lowest BCUT2D eigenvalue weighted by Crippen LogP contribution is -2.18. The summed E-state index contributed by atoms with van der Waals surface area (Å²) in [5.74, 6) is 1.26. The second-order valence-electron chi connectivity index (χ2n) is 5.68. The zero-order chi connectivity index (χ0) is 15.4. The molecular weight excluding hydrogens is 276 g/mol. The van der Waals surface area contributed by atoms with Crippen LogP contribution in [0.15, 0.2) is 36.5 Å². The van der Waals surface area contributed by atoms with E-state index in [1.54, 1.807) is 6.20 Å². The van der Waals surface area contributed by atoms with Crippen LogP contribution in [0.4, 0.5) is 5.69 Å². The molecule has 5 nitrogen and oxygen atoms in total. The molecule has 0 saturated carbocycles. The van der Waals surface area contributed by atoms with Crippen molar-refractivity contribution in [1.29, 1.82) is 0 Å². The molecular formula is C17H20N4O. The summed E-state index contributed by atoms with van der Waals surface area (Å²) in [6, 6.07) is 9.64. The summed E-state index contributed by atoms with van der Waals surface area (Å²) >= 11 is 0. The molecule has 1 saturated heterocycles. The highest BCUT2D eigenvalue weighted by atomic mass is 16.1. The smallest absolute Gasteiger partial charge is 0.224 e. The highest BCUT2D eigenvalue weighted by Gasteiger charge is 2.18. The number of amides is 1. The number of benzene rings is 1. The van der Waals surface area contributed by atoms with Crippen molar-refractivity contribution in [3.8, 4) is 11.3 Å². The summed E-state index contributed by atoms with van der Waals surface area (Å²) in [5.41, 5.74) is 2.65. The average Bonchev–Trinajstić information content (AvgIpc) is 3.00. The summed E-state index contributed by atoms with van der Waals surface area (Å²) in [6.07, 6.45) is 3.40. The van der Waals surface area contributed by atoms with Gasteiger partial charge in [0.25, 0.3) is 0 Å². The molecule has 2 N–H and O–H groups in total. The highest BCUT2D eigenvalue weighted by molar-refractivity contribution is 5.91. The Kier molecular flexibility index (Phi) is 4.44. The van der Waals surface area contributed by atoms with Gasteiger partial charge in [0, 0.05) is 23.9 Å². The number of anilines is 1. The fourth-order valence-electron chi connectivity index (χ4n) is 2.74. The molecule has 1 unspecified atom stereocenters. The van der Waals surface area contributed by atoms with Crippen molar-refractivity contribution >= 4 is 11.6 Å². The fraction of sp³-hybridized carbons (Fsp3) is 0.353. The maximum atomic E-state index is 12.1. The van der Waals surface area contributed by atoms with E-state index in [4.69, 9.17) is 0 Å². The summed E-state index contributed by atoms with van der Waals surface area (Å²) in [5, 5.41) is 6.27. The molecule has 0 bridgehead atoms. The normalized spacial score (nSPS) is 17.4. The van der Waals surface area contributed by atoms with Crippen molar-refractivity contribution < 1.29 is 4.79 Å². The van der Waals surface area contributed by atoms with E-state index < -0.39 is 0 Å². The van der Waals surface area contributed by atoms with E-state index in [-0.39, 0.29) is 5.91 Å². The molecule has 22 heavy (non-hydrogen) atoms. The fourth-order valence-corrected chi connectivity index (χ4v) is 2.74. The maximum absolute atomic E-state index is 12.1. The third-order valence-electron chi connectivity index (χ3n) is 3.85. The van der Waals surface area contributed by atoms with Crippen LogP contribution in [-0.2, 0) is 4.79 Å². The van der Waals surface area contributed by atoms with Crippen molar-refractivity contribution in [3.05, 3.63) is 42.4 Å². The van der Waals surface area contributed by atoms with Crippen LogP contribution < -0.4 is 10.6 Å².